The molecular weight excluding hydrogens is 393 g/mol. The Balaban J connectivity index is 1.83. The number of rotatable bonds is 4. The molecule has 1 N–H and O–H groups in total. The van der Waals surface area contributed by atoms with Crippen LogP contribution in [-0.4, -0.2) is 52.9 Å². The molecule has 1 atom stereocenters. The van der Waals surface area contributed by atoms with Crippen molar-refractivity contribution in [3.8, 4) is 0 Å². The second-order valence-electron chi connectivity index (χ2n) is 8.58. The standard InChI is InChI=1S/C20H26ClF3N2O2/c1-19(2,17-4-3-6-26(17)18(27)28)10-13-8-15(21)9-14-11-25(7-5-16(13)14)12-20(22,23)24/h8-9,17H,3-7,10-12H2,1-2H3,(H,27,28)/t17-/m0/s1. The summed E-state index contributed by atoms with van der Waals surface area (Å²) in [5.41, 5.74) is 2.64. The van der Waals surface area contributed by atoms with Crippen LogP contribution in [0.15, 0.2) is 12.1 Å². The summed E-state index contributed by atoms with van der Waals surface area (Å²) in [4.78, 5) is 14.5. The number of alkyl halides is 3. The van der Waals surface area contributed by atoms with Crippen molar-refractivity contribution in [2.45, 2.75) is 58.3 Å². The Morgan fingerprint density at radius 1 is 1.29 bits per heavy atom. The van der Waals surface area contributed by atoms with Crippen LogP contribution >= 0.6 is 11.6 Å². The molecule has 8 heteroatoms. The third-order valence-corrected chi connectivity index (χ3v) is 6.14. The van der Waals surface area contributed by atoms with Crippen LogP contribution in [0.4, 0.5) is 18.0 Å². The predicted octanol–water partition coefficient (Wildman–Crippen LogP) is 4.97. The predicted molar refractivity (Wildman–Crippen MR) is 102 cm³/mol. The third-order valence-electron chi connectivity index (χ3n) is 5.92. The van der Waals surface area contributed by atoms with Gasteiger partial charge in [-0.25, -0.2) is 4.79 Å². The lowest BCUT2D eigenvalue weighted by Crippen LogP contribution is -2.45. The average molecular weight is 419 g/mol. The van der Waals surface area contributed by atoms with Gasteiger partial charge in [0.2, 0.25) is 0 Å². The fourth-order valence-corrected chi connectivity index (χ4v) is 5.03. The lowest BCUT2D eigenvalue weighted by Gasteiger charge is -2.38. The van der Waals surface area contributed by atoms with Gasteiger partial charge in [0.15, 0.2) is 0 Å². The molecular formula is C20H26ClF3N2O2. The van der Waals surface area contributed by atoms with Gasteiger partial charge in [-0.2, -0.15) is 13.2 Å². The molecule has 2 aliphatic heterocycles. The van der Waals surface area contributed by atoms with Gasteiger partial charge in [-0.3, -0.25) is 4.90 Å². The maximum atomic E-state index is 12.8. The fourth-order valence-electron chi connectivity index (χ4n) is 4.77. The van der Waals surface area contributed by atoms with E-state index in [4.69, 9.17) is 11.6 Å². The van der Waals surface area contributed by atoms with Gasteiger partial charge in [-0.05, 0) is 59.9 Å². The van der Waals surface area contributed by atoms with Gasteiger partial charge < -0.3 is 10.0 Å². The van der Waals surface area contributed by atoms with Crippen LogP contribution in [0.1, 0.15) is 43.4 Å². The van der Waals surface area contributed by atoms with Gasteiger partial charge >= 0.3 is 12.3 Å². The number of nitrogens with zero attached hydrogens (tertiary/aromatic N) is 2. The molecule has 28 heavy (non-hydrogen) atoms. The van der Waals surface area contributed by atoms with Crippen molar-refractivity contribution in [1.29, 1.82) is 0 Å². The van der Waals surface area contributed by atoms with Crippen molar-refractivity contribution in [1.82, 2.24) is 9.80 Å². The largest absolute Gasteiger partial charge is 0.465 e. The number of likely N-dealkylation sites (tertiary alicyclic amines) is 1. The number of halogens is 4. The monoisotopic (exact) mass is 418 g/mol. The van der Waals surface area contributed by atoms with Crippen molar-refractivity contribution in [2.24, 2.45) is 5.41 Å². The van der Waals surface area contributed by atoms with E-state index >= 15 is 0 Å². The summed E-state index contributed by atoms with van der Waals surface area (Å²) in [6, 6.07) is 3.57. The average Bonchev–Trinajstić information content (AvgIpc) is 3.03. The van der Waals surface area contributed by atoms with Crippen LogP contribution in [0.25, 0.3) is 0 Å². The van der Waals surface area contributed by atoms with Gasteiger partial charge in [0.25, 0.3) is 0 Å². The van der Waals surface area contributed by atoms with E-state index < -0.39 is 18.8 Å². The zero-order valence-electron chi connectivity index (χ0n) is 16.2. The maximum absolute atomic E-state index is 12.8. The first-order valence-corrected chi connectivity index (χ1v) is 9.93. The molecule has 1 aromatic carbocycles. The number of carbonyl (C=O) groups is 1. The smallest absolute Gasteiger partial charge is 0.407 e. The highest BCUT2D eigenvalue weighted by Gasteiger charge is 2.40. The summed E-state index contributed by atoms with van der Waals surface area (Å²) in [7, 11) is 0. The Hall–Kier alpha value is -1.47. The zero-order valence-corrected chi connectivity index (χ0v) is 16.9. The number of benzene rings is 1. The first-order chi connectivity index (χ1) is 13.0. The molecule has 1 fully saturated rings. The molecule has 3 rings (SSSR count). The van der Waals surface area contributed by atoms with E-state index in [1.54, 1.807) is 6.07 Å². The SMILES string of the molecule is CC(C)(Cc1cc(Cl)cc2c1CCN(CC(F)(F)F)C2)[C@@H]1CCCN1C(=O)O. The number of fused-ring (bicyclic) bond motifs is 1. The van der Waals surface area contributed by atoms with Gasteiger partial charge in [0, 0.05) is 30.7 Å². The van der Waals surface area contributed by atoms with Crippen LogP contribution in [0.2, 0.25) is 5.02 Å². The van der Waals surface area contributed by atoms with Crippen LogP contribution < -0.4 is 0 Å². The normalized spacial score (nSPS) is 21.1. The molecule has 0 aliphatic carbocycles. The molecule has 0 spiro atoms. The number of hydrogen-bond donors (Lipinski definition) is 1. The van der Waals surface area contributed by atoms with Crippen LogP contribution in [0.5, 0.6) is 0 Å². The molecule has 0 radical (unpaired) electrons. The molecule has 2 heterocycles. The van der Waals surface area contributed by atoms with Gasteiger partial charge in [-0.1, -0.05) is 25.4 Å². The summed E-state index contributed by atoms with van der Waals surface area (Å²) in [5, 5.41) is 9.99. The van der Waals surface area contributed by atoms with E-state index in [9.17, 15) is 23.1 Å². The Morgan fingerprint density at radius 3 is 2.64 bits per heavy atom. The minimum atomic E-state index is -4.22. The van der Waals surface area contributed by atoms with Gasteiger partial charge in [0.05, 0.1) is 6.54 Å². The summed E-state index contributed by atoms with van der Waals surface area (Å²) in [5.74, 6) is 0. The van der Waals surface area contributed by atoms with E-state index in [-0.39, 0.29) is 18.0 Å². The Bertz CT molecular complexity index is 752. The van der Waals surface area contributed by atoms with Crippen molar-refractivity contribution in [3.63, 3.8) is 0 Å². The molecule has 156 valence electrons. The lowest BCUT2D eigenvalue weighted by molar-refractivity contribution is -0.147. The van der Waals surface area contributed by atoms with E-state index in [1.807, 2.05) is 6.07 Å². The molecule has 0 bridgehead atoms. The van der Waals surface area contributed by atoms with Crippen molar-refractivity contribution >= 4 is 17.7 Å². The molecule has 0 saturated carbocycles. The van der Waals surface area contributed by atoms with E-state index in [0.29, 0.717) is 31.0 Å². The first kappa shape index (κ1) is 21.2. The van der Waals surface area contributed by atoms with Crippen LogP contribution in [0, 0.1) is 5.41 Å². The second kappa shape index (κ2) is 7.75. The van der Waals surface area contributed by atoms with Crippen molar-refractivity contribution in [2.75, 3.05) is 19.6 Å². The molecule has 1 aromatic rings. The highest BCUT2D eigenvalue weighted by Crippen LogP contribution is 2.39. The molecule has 0 unspecified atom stereocenters. The van der Waals surface area contributed by atoms with Gasteiger partial charge in [-0.15, -0.1) is 0 Å². The summed E-state index contributed by atoms with van der Waals surface area (Å²) >= 11 is 6.28. The summed E-state index contributed by atoms with van der Waals surface area (Å²) < 4.78 is 38.3. The Morgan fingerprint density at radius 2 is 2.00 bits per heavy atom. The highest BCUT2D eigenvalue weighted by molar-refractivity contribution is 6.30. The van der Waals surface area contributed by atoms with E-state index in [0.717, 1.165) is 29.5 Å². The summed E-state index contributed by atoms with van der Waals surface area (Å²) in [6.07, 6.45) is -2.26. The van der Waals surface area contributed by atoms with Crippen molar-refractivity contribution < 1.29 is 23.1 Å². The minimum Gasteiger partial charge on any atom is -0.465 e. The topological polar surface area (TPSA) is 43.8 Å². The first-order valence-electron chi connectivity index (χ1n) is 9.55. The molecule has 0 aromatic heterocycles. The Labute approximate surface area is 168 Å². The number of hydrogen-bond acceptors (Lipinski definition) is 2. The Kier molecular flexibility index (Phi) is 5.88. The zero-order chi connectivity index (χ0) is 20.7. The molecule has 2 aliphatic rings. The second-order valence-corrected chi connectivity index (χ2v) is 9.01. The quantitative estimate of drug-likeness (QED) is 0.750. The summed E-state index contributed by atoms with van der Waals surface area (Å²) in [6.45, 7) is 4.33. The van der Waals surface area contributed by atoms with E-state index in [2.05, 4.69) is 13.8 Å². The number of carboxylic acid groups (broad SMARTS) is 1. The van der Waals surface area contributed by atoms with Crippen LogP contribution in [0.3, 0.4) is 0 Å². The molecule has 1 amide bonds. The minimum absolute atomic E-state index is 0.0787. The number of amides is 1. The van der Waals surface area contributed by atoms with Gasteiger partial charge in [0.1, 0.15) is 0 Å². The molecule has 4 nitrogen and oxygen atoms in total. The maximum Gasteiger partial charge on any atom is 0.407 e. The lowest BCUT2D eigenvalue weighted by atomic mass is 9.76. The highest BCUT2D eigenvalue weighted by atomic mass is 35.5. The third kappa shape index (κ3) is 4.74. The van der Waals surface area contributed by atoms with Crippen molar-refractivity contribution in [3.05, 3.63) is 33.8 Å². The fraction of sp³-hybridized carbons (Fsp3) is 0.650. The molecule has 1 saturated heterocycles. The van der Waals surface area contributed by atoms with Crippen LogP contribution in [-0.2, 0) is 19.4 Å². The van der Waals surface area contributed by atoms with E-state index in [1.165, 1.54) is 9.80 Å².